The molecule has 0 fully saturated rings. The fourth-order valence-electron chi connectivity index (χ4n) is 1.29. The average molecular weight is 275 g/mol. The minimum atomic E-state index is -4.17. The van der Waals surface area contributed by atoms with Crippen molar-refractivity contribution < 1.29 is 19.1 Å². The minimum absolute atomic E-state index is 0.0258. The van der Waals surface area contributed by atoms with Gasteiger partial charge in [-0.3, -0.25) is 9.36 Å². The fourth-order valence-corrected chi connectivity index (χ4v) is 1.66. The Morgan fingerprint density at radius 2 is 2.28 bits per heavy atom. The van der Waals surface area contributed by atoms with Crippen molar-refractivity contribution in [2.45, 2.75) is 6.54 Å². The molecule has 0 saturated heterocycles. The van der Waals surface area contributed by atoms with E-state index in [2.05, 4.69) is 20.3 Å². The van der Waals surface area contributed by atoms with E-state index in [4.69, 9.17) is 14.5 Å². The quantitative estimate of drug-likeness (QED) is 0.449. The topological polar surface area (TPSA) is 143 Å². The third-order valence-electron chi connectivity index (χ3n) is 2.01. The van der Waals surface area contributed by atoms with Gasteiger partial charge >= 0.3 is 7.60 Å². The van der Waals surface area contributed by atoms with Crippen LogP contribution in [-0.4, -0.2) is 47.7 Å². The summed E-state index contributed by atoms with van der Waals surface area (Å²) in [7, 11) is -4.17. The lowest BCUT2D eigenvalue weighted by atomic mass is 10.5. The zero-order chi connectivity index (χ0) is 13.2. The predicted molar refractivity (Wildman–Crippen MR) is 58.8 cm³/mol. The fraction of sp³-hybridized carbons (Fsp3) is 0.429. The third kappa shape index (κ3) is 2.99. The molecule has 0 aromatic carbocycles. The van der Waals surface area contributed by atoms with Gasteiger partial charge in [0, 0.05) is 0 Å². The first kappa shape index (κ1) is 12.8. The number of nitrogens with one attached hydrogen (secondary N) is 1. The molecule has 0 aliphatic carbocycles. The summed E-state index contributed by atoms with van der Waals surface area (Å²) in [6, 6.07) is 0. The molecule has 18 heavy (non-hydrogen) atoms. The van der Waals surface area contributed by atoms with E-state index in [1.165, 1.54) is 11.0 Å². The second-order valence-corrected chi connectivity index (χ2v) is 5.01. The largest absolute Gasteiger partial charge is 0.367 e. The van der Waals surface area contributed by atoms with Crippen LogP contribution >= 0.6 is 7.60 Å². The molecule has 0 unspecified atom stereocenters. The molecule has 2 aromatic rings. The number of H-pyrrole nitrogens is 1. The first-order chi connectivity index (χ1) is 8.47. The predicted octanol–water partition coefficient (Wildman–Crippen LogP) is -1.33. The van der Waals surface area contributed by atoms with Crippen LogP contribution in [0.3, 0.4) is 0 Å². The summed E-state index contributed by atoms with van der Waals surface area (Å²) in [5, 5.41) is 7.34. The van der Waals surface area contributed by atoms with Gasteiger partial charge in [-0.1, -0.05) is 5.21 Å². The SMILES string of the molecule is O=c1[nH]cnc2c1nnn2CCOCP(=O)(O)O. The van der Waals surface area contributed by atoms with Gasteiger partial charge in [-0.25, -0.2) is 9.67 Å². The number of aromatic amines is 1. The van der Waals surface area contributed by atoms with Crippen molar-refractivity contribution in [1.29, 1.82) is 0 Å². The number of hydrogen-bond acceptors (Lipinski definition) is 6. The highest BCUT2D eigenvalue weighted by Crippen LogP contribution is 2.33. The zero-order valence-electron chi connectivity index (χ0n) is 9.05. The molecule has 0 aliphatic heterocycles. The zero-order valence-corrected chi connectivity index (χ0v) is 9.95. The highest BCUT2D eigenvalue weighted by Gasteiger charge is 2.13. The summed E-state index contributed by atoms with van der Waals surface area (Å²) < 4.78 is 16.6. The number of fused-ring (bicyclic) bond motifs is 1. The number of nitrogens with zero attached hydrogens (tertiary/aromatic N) is 4. The van der Waals surface area contributed by atoms with E-state index < -0.39 is 19.5 Å². The van der Waals surface area contributed by atoms with Crippen LogP contribution in [0.2, 0.25) is 0 Å². The highest BCUT2D eigenvalue weighted by molar-refractivity contribution is 7.51. The lowest BCUT2D eigenvalue weighted by Crippen LogP contribution is -2.10. The van der Waals surface area contributed by atoms with Gasteiger partial charge in [0.1, 0.15) is 6.35 Å². The maximum atomic E-state index is 11.3. The summed E-state index contributed by atoms with van der Waals surface area (Å²) in [5.41, 5.74) is -0.00611. The van der Waals surface area contributed by atoms with E-state index in [-0.39, 0.29) is 18.7 Å². The number of ether oxygens (including phenoxy) is 1. The van der Waals surface area contributed by atoms with Crippen LogP contribution in [-0.2, 0) is 15.8 Å². The van der Waals surface area contributed by atoms with Crippen LogP contribution in [0.25, 0.3) is 11.2 Å². The van der Waals surface area contributed by atoms with E-state index in [9.17, 15) is 9.36 Å². The molecular formula is C7H10N5O5P. The molecule has 3 N–H and O–H groups in total. The Balaban J connectivity index is 2.03. The standard InChI is InChI=1S/C7H10N5O5P/c13-7-5-6(8-3-9-7)12(11-10-5)1-2-17-4-18(14,15)16/h3H,1-2,4H2,(H,8,9,13)(H2,14,15,16). The Kier molecular flexibility index (Phi) is 3.53. The van der Waals surface area contributed by atoms with Gasteiger partial charge in [-0.15, -0.1) is 5.10 Å². The smallest absolute Gasteiger partial charge is 0.350 e. The van der Waals surface area contributed by atoms with Gasteiger partial charge in [0.25, 0.3) is 5.56 Å². The van der Waals surface area contributed by atoms with Crippen molar-refractivity contribution >= 4 is 18.8 Å². The van der Waals surface area contributed by atoms with Crippen LogP contribution in [0, 0.1) is 0 Å². The molecule has 11 heteroatoms. The summed E-state index contributed by atoms with van der Waals surface area (Å²) in [4.78, 5) is 34.7. The van der Waals surface area contributed by atoms with Gasteiger partial charge in [0.05, 0.1) is 19.5 Å². The molecule has 2 aromatic heterocycles. The molecule has 2 rings (SSSR count). The monoisotopic (exact) mass is 275 g/mol. The van der Waals surface area contributed by atoms with Crippen LogP contribution in [0.15, 0.2) is 11.1 Å². The molecule has 2 heterocycles. The van der Waals surface area contributed by atoms with Crippen LogP contribution in [0.1, 0.15) is 0 Å². The Hall–Kier alpha value is -1.61. The average Bonchev–Trinajstić information content (AvgIpc) is 2.68. The first-order valence-electron chi connectivity index (χ1n) is 4.86. The van der Waals surface area contributed by atoms with E-state index in [1.807, 2.05) is 0 Å². The summed E-state index contributed by atoms with van der Waals surface area (Å²) in [5.74, 6) is 0. The van der Waals surface area contributed by atoms with E-state index >= 15 is 0 Å². The second-order valence-electron chi connectivity index (χ2n) is 3.42. The minimum Gasteiger partial charge on any atom is -0.367 e. The van der Waals surface area contributed by atoms with E-state index in [0.717, 1.165) is 0 Å². The van der Waals surface area contributed by atoms with Crippen molar-refractivity contribution in [2.75, 3.05) is 13.0 Å². The maximum Gasteiger partial charge on any atom is 0.350 e. The molecule has 0 bridgehead atoms. The Morgan fingerprint density at radius 3 is 3.00 bits per heavy atom. The van der Waals surface area contributed by atoms with Gasteiger partial charge in [0.15, 0.2) is 11.2 Å². The summed E-state index contributed by atoms with van der Waals surface area (Å²) in [6.45, 7) is 0.213. The van der Waals surface area contributed by atoms with Gasteiger partial charge in [-0.2, -0.15) is 0 Å². The number of aromatic nitrogens is 5. The maximum absolute atomic E-state index is 11.3. The normalized spacial score (nSPS) is 12.1. The van der Waals surface area contributed by atoms with E-state index in [0.29, 0.717) is 5.65 Å². The Morgan fingerprint density at radius 1 is 1.50 bits per heavy atom. The highest BCUT2D eigenvalue weighted by atomic mass is 31.2. The van der Waals surface area contributed by atoms with Gasteiger partial charge < -0.3 is 19.5 Å². The number of hydrogen-bond donors (Lipinski definition) is 3. The van der Waals surface area contributed by atoms with Crippen molar-refractivity contribution in [3.63, 3.8) is 0 Å². The second kappa shape index (κ2) is 4.94. The van der Waals surface area contributed by atoms with Crippen molar-refractivity contribution in [3.8, 4) is 0 Å². The van der Waals surface area contributed by atoms with Crippen LogP contribution < -0.4 is 5.56 Å². The molecule has 10 nitrogen and oxygen atoms in total. The van der Waals surface area contributed by atoms with Crippen molar-refractivity contribution in [1.82, 2.24) is 25.0 Å². The van der Waals surface area contributed by atoms with Crippen molar-refractivity contribution in [2.24, 2.45) is 0 Å². The number of rotatable bonds is 5. The summed E-state index contributed by atoms with van der Waals surface area (Å²) in [6.07, 6.45) is 0.564. The van der Waals surface area contributed by atoms with Crippen LogP contribution in [0.5, 0.6) is 0 Å². The Bertz CT molecular complexity index is 645. The molecular weight excluding hydrogens is 265 g/mol. The molecule has 0 atom stereocenters. The van der Waals surface area contributed by atoms with Gasteiger partial charge in [0.2, 0.25) is 0 Å². The van der Waals surface area contributed by atoms with E-state index in [1.54, 1.807) is 0 Å². The Labute approximate surface area is 99.8 Å². The molecule has 0 aliphatic rings. The summed E-state index contributed by atoms with van der Waals surface area (Å²) >= 11 is 0. The van der Waals surface area contributed by atoms with Gasteiger partial charge in [-0.05, 0) is 0 Å². The molecule has 0 saturated carbocycles. The molecule has 0 radical (unpaired) electrons. The van der Waals surface area contributed by atoms with Crippen LogP contribution in [0.4, 0.5) is 0 Å². The molecule has 98 valence electrons. The third-order valence-corrected chi connectivity index (χ3v) is 2.53. The first-order valence-corrected chi connectivity index (χ1v) is 6.66. The molecule has 0 amide bonds. The molecule has 0 spiro atoms. The lowest BCUT2D eigenvalue weighted by Gasteiger charge is -2.05. The lowest BCUT2D eigenvalue weighted by molar-refractivity contribution is 0.146. The van der Waals surface area contributed by atoms with Crippen molar-refractivity contribution in [3.05, 3.63) is 16.7 Å².